The Morgan fingerprint density at radius 3 is 2.68 bits per heavy atom. The quantitative estimate of drug-likeness (QED) is 0.661. The molecule has 0 atom stereocenters. The summed E-state index contributed by atoms with van der Waals surface area (Å²) in [5, 5.41) is 3.53. The largest absolute Gasteiger partial charge is 0.352 e. The minimum atomic E-state index is -0.193. The van der Waals surface area contributed by atoms with Gasteiger partial charge in [0.25, 0.3) is 5.56 Å². The molecule has 3 rings (SSSR count). The van der Waals surface area contributed by atoms with Crippen molar-refractivity contribution in [3.05, 3.63) is 57.5 Å². The normalized spacial score (nSPS) is 13.9. The number of nitrogens with zero attached hydrogens (tertiary/aromatic N) is 1. The number of fused-ring (bicyclic) bond motifs is 1. The van der Waals surface area contributed by atoms with E-state index in [2.05, 4.69) is 27.4 Å². The van der Waals surface area contributed by atoms with E-state index in [0.717, 1.165) is 12.8 Å². The van der Waals surface area contributed by atoms with E-state index in [-0.39, 0.29) is 23.3 Å². The number of aromatic nitrogens is 2. The molecule has 0 radical (unpaired) electrons. The van der Waals surface area contributed by atoms with Gasteiger partial charge in [-0.2, -0.15) is 0 Å². The van der Waals surface area contributed by atoms with Crippen LogP contribution in [0.4, 0.5) is 0 Å². The summed E-state index contributed by atoms with van der Waals surface area (Å²) in [5.74, 6) is 0.214. The molecule has 2 N–H and O–H groups in total. The summed E-state index contributed by atoms with van der Waals surface area (Å²) in [5.41, 5.74) is 3.08. The lowest BCUT2D eigenvalue weighted by atomic mass is 10.1. The highest BCUT2D eigenvalue weighted by Gasteiger charge is 2.22. The molecule has 0 fully saturated rings. The van der Waals surface area contributed by atoms with Crippen LogP contribution in [0.3, 0.4) is 0 Å². The molecular formula is C16H17N3O2S. The van der Waals surface area contributed by atoms with Crippen molar-refractivity contribution in [1.29, 1.82) is 0 Å². The van der Waals surface area contributed by atoms with Gasteiger partial charge in [0.1, 0.15) is 0 Å². The van der Waals surface area contributed by atoms with Gasteiger partial charge in [-0.1, -0.05) is 36.0 Å². The molecule has 6 heteroatoms. The molecule has 0 unspecified atom stereocenters. The van der Waals surface area contributed by atoms with Gasteiger partial charge in [0.15, 0.2) is 5.16 Å². The minimum Gasteiger partial charge on any atom is -0.352 e. The molecule has 114 valence electrons. The van der Waals surface area contributed by atoms with E-state index in [9.17, 15) is 9.59 Å². The first kappa shape index (κ1) is 14.8. The van der Waals surface area contributed by atoms with E-state index in [1.807, 2.05) is 12.1 Å². The summed E-state index contributed by atoms with van der Waals surface area (Å²) in [6.45, 7) is 1.76. The average Bonchev–Trinajstić information content (AvgIpc) is 2.86. The number of hydrogen-bond donors (Lipinski definition) is 2. The summed E-state index contributed by atoms with van der Waals surface area (Å²) >= 11 is 1.25. The lowest BCUT2D eigenvalue weighted by Gasteiger charge is -2.11. The van der Waals surface area contributed by atoms with E-state index in [1.165, 1.54) is 29.0 Å². The van der Waals surface area contributed by atoms with E-state index >= 15 is 0 Å². The fraction of sp³-hybridized carbons (Fsp3) is 0.312. The number of amides is 1. The lowest BCUT2D eigenvalue weighted by Crippen LogP contribution is -2.36. The average molecular weight is 315 g/mol. The number of H-pyrrole nitrogens is 1. The molecule has 0 saturated heterocycles. The predicted octanol–water partition coefficient (Wildman–Crippen LogP) is 1.45. The van der Waals surface area contributed by atoms with E-state index in [4.69, 9.17) is 0 Å². The molecule has 0 saturated carbocycles. The Bertz CT molecular complexity index is 732. The van der Waals surface area contributed by atoms with Crippen LogP contribution in [0.1, 0.15) is 16.8 Å². The van der Waals surface area contributed by atoms with Gasteiger partial charge in [-0.25, -0.2) is 4.98 Å². The molecule has 1 aliphatic rings. The fourth-order valence-corrected chi connectivity index (χ4v) is 3.42. The Labute approximate surface area is 132 Å². The number of aromatic amines is 1. The highest BCUT2D eigenvalue weighted by atomic mass is 32.2. The molecule has 22 heavy (non-hydrogen) atoms. The third-order valence-electron chi connectivity index (χ3n) is 3.60. The van der Waals surface area contributed by atoms with Gasteiger partial charge < -0.3 is 10.3 Å². The monoisotopic (exact) mass is 315 g/mol. The van der Waals surface area contributed by atoms with Crippen molar-refractivity contribution in [1.82, 2.24) is 15.3 Å². The fourth-order valence-electron chi connectivity index (χ4n) is 2.68. The van der Waals surface area contributed by atoms with E-state index in [0.29, 0.717) is 10.9 Å². The molecule has 1 amide bonds. The lowest BCUT2D eigenvalue weighted by molar-refractivity contribution is -0.119. The summed E-state index contributed by atoms with van der Waals surface area (Å²) in [4.78, 5) is 30.2. The van der Waals surface area contributed by atoms with Crippen LogP contribution in [-0.4, -0.2) is 27.7 Å². The Hall–Kier alpha value is -2.08. The van der Waals surface area contributed by atoms with Crippen LogP contribution >= 0.6 is 11.8 Å². The highest BCUT2D eigenvalue weighted by Crippen LogP contribution is 2.21. The Balaban J connectivity index is 1.52. The van der Waals surface area contributed by atoms with Gasteiger partial charge in [0, 0.05) is 17.8 Å². The van der Waals surface area contributed by atoms with Gasteiger partial charge in [-0.05, 0) is 30.9 Å². The number of rotatable bonds is 4. The summed E-state index contributed by atoms with van der Waals surface area (Å²) in [6, 6.07) is 9.86. The van der Waals surface area contributed by atoms with E-state index in [1.54, 1.807) is 6.92 Å². The van der Waals surface area contributed by atoms with Gasteiger partial charge in [-0.3, -0.25) is 9.59 Å². The van der Waals surface area contributed by atoms with Crippen molar-refractivity contribution in [3.63, 3.8) is 0 Å². The molecule has 1 aromatic carbocycles. The van der Waals surface area contributed by atoms with Crippen molar-refractivity contribution >= 4 is 17.7 Å². The zero-order valence-corrected chi connectivity index (χ0v) is 13.1. The number of benzene rings is 1. The van der Waals surface area contributed by atoms with Crippen molar-refractivity contribution in [2.75, 3.05) is 5.75 Å². The highest BCUT2D eigenvalue weighted by molar-refractivity contribution is 7.99. The number of nitrogens with one attached hydrogen (secondary N) is 2. The molecule has 1 aliphatic carbocycles. The van der Waals surface area contributed by atoms with Crippen molar-refractivity contribution in [2.45, 2.75) is 31.0 Å². The number of hydrogen-bond acceptors (Lipinski definition) is 4. The summed E-state index contributed by atoms with van der Waals surface area (Å²) in [6.07, 6.45) is 1.76. The molecule has 5 nitrogen and oxygen atoms in total. The van der Waals surface area contributed by atoms with Crippen LogP contribution in [0.2, 0.25) is 0 Å². The maximum Gasteiger partial charge on any atom is 0.251 e. The Kier molecular flexibility index (Phi) is 4.29. The number of carbonyl (C=O) groups is 1. The third kappa shape index (κ3) is 3.57. The van der Waals surface area contributed by atoms with E-state index < -0.39 is 0 Å². The van der Waals surface area contributed by atoms with Crippen molar-refractivity contribution < 1.29 is 4.79 Å². The molecule has 0 aliphatic heterocycles. The van der Waals surface area contributed by atoms with Gasteiger partial charge >= 0.3 is 0 Å². The second kappa shape index (κ2) is 6.36. The molecular weight excluding hydrogens is 298 g/mol. The standard InChI is InChI=1S/C16H17N3O2S/c1-10-6-14(20)19-16(17-10)22-9-15(21)18-13-7-11-4-2-3-5-12(11)8-13/h2-6,13H,7-9H2,1H3,(H,18,21)(H,17,19,20). The molecule has 0 spiro atoms. The molecule has 1 aromatic heterocycles. The smallest absolute Gasteiger partial charge is 0.251 e. The maximum atomic E-state index is 12.0. The minimum absolute atomic E-state index is 0.0352. The summed E-state index contributed by atoms with van der Waals surface area (Å²) in [7, 11) is 0. The van der Waals surface area contributed by atoms with Crippen LogP contribution in [0.5, 0.6) is 0 Å². The molecule has 2 aromatic rings. The van der Waals surface area contributed by atoms with Crippen LogP contribution < -0.4 is 10.9 Å². The molecule has 0 bridgehead atoms. The van der Waals surface area contributed by atoms with Gasteiger partial charge in [0.2, 0.25) is 5.91 Å². The van der Waals surface area contributed by atoms with Crippen molar-refractivity contribution in [2.24, 2.45) is 0 Å². The number of carbonyl (C=O) groups excluding carboxylic acids is 1. The number of thioether (sulfide) groups is 1. The second-order valence-corrected chi connectivity index (χ2v) is 6.39. The van der Waals surface area contributed by atoms with Crippen LogP contribution in [-0.2, 0) is 17.6 Å². The third-order valence-corrected chi connectivity index (χ3v) is 4.48. The zero-order chi connectivity index (χ0) is 15.5. The van der Waals surface area contributed by atoms with Crippen LogP contribution in [0.15, 0.2) is 40.3 Å². The second-order valence-electron chi connectivity index (χ2n) is 5.42. The summed E-state index contributed by atoms with van der Waals surface area (Å²) < 4.78 is 0. The Morgan fingerprint density at radius 1 is 1.36 bits per heavy atom. The van der Waals surface area contributed by atoms with Gasteiger partial charge in [0.05, 0.1) is 5.75 Å². The van der Waals surface area contributed by atoms with Gasteiger partial charge in [-0.15, -0.1) is 0 Å². The first-order valence-electron chi connectivity index (χ1n) is 7.17. The number of aryl methyl sites for hydroxylation is 1. The Morgan fingerprint density at radius 2 is 2.05 bits per heavy atom. The van der Waals surface area contributed by atoms with Crippen LogP contribution in [0.25, 0.3) is 0 Å². The zero-order valence-electron chi connectivity index (χ0n) is 12.3. The molecule has 1 heterocycles. The van der Waals surface area contributed by atoms with Crippen LogP contribution in [0, 0.1) is 6.92 Å². The SMILES string of the molecule is Cc1cc(=O)[nH]c(SCC(=O)NC2Cc3ccccc3C2)n1. The topological polar surface area (TPSA) is 74.8 Å². The predicted molar refractivity (Wildman–Crippen MR) is 86.1 cm³/mol. The first-order chi connectivity index (χ1) is 10.6. The maximum absolute atomic E-state index is 12.0. The first-order valence-corrected chi connectivity index (χ1v) is 8.15. The van der Waals surface area contributed by atoms with Crippen molar-refractivity contribution in [3.8, 4) is 0 Å².